The Kier molecular flexibility index (Phi) is 4.38. The molecule has 1 aromatic heterocycles. The van der Waals surface area contributed by atoms with Gasteiger partial charge in [-0.3, -0.25) is 0 Å². The van der Waals surface area contributed by atoms with Crippen LogP contribution in [-0.4, -0.2) is 16.5 Å². The first-order chi connectivity index (χ1) is 9.05. The number of aromatic amines is 1. The van der Waals surface area contributed by atoms with E-state index in [2.05, 4.69) is 60.3 Å². The summed E-state index contributed by atoms with van der Waals surface area (Å²) in [6.45, 7) is 8.57. The van der Waals surface area contributed by atoms with Gasteiger partial charge in [-0.2, -0.15) is 0 Å². The van der Waals surface area contributed by atoms with Gasteiger partial charge in [0.05, 0.1) is 0 Å². The smallest absolute Gasteiger partial charge is 0.107 e. The third-order valence-electron chi connectivity index (χ3n) is 3.24. The van der Waals surface area contributed by atoms with Crippen molar-refractivity contribution >= 4 is 0 Å². The van der Waals surface area contributed by atoms with Gasteiger partial charge in [0, 0.05) is 31.9 Å². The molecule has 0 aliphatic carbocycles. The number of hydrogen-bond acceptors (Lipinski definition) is 2. The van der Waals surface area contributed by atoms with E-state index in [-0.39, 0.29) is 5.41 Å². The molecule has 1 heterocycles. The zero-order valence-electron chi connectivity index (χ0n) is 12.0. The van der Waals surface area contributed by atoms with Crippen molar-refractivity contribution < 1.29 is 0 Å². The second kappa shape index (κ2) is 6.02. The van der Waals surface area contributed by atoms with Gasteiger partial charge < -0.3 is 10.3 Å². The molecule has 0 aliphatic heterocycles. The van der Waals surface area contributed by atoms with Gasteiger partial charge in [-0.25, -0.2) is 4.98 Å². The zero-order valence-corrected chi connectivity index (χ0v) is 12.0. The van der Waals surface area contributed by atoms with E-state index in [1.54, 1.807) is 6.20 Å². The monoisotopic (exact) mass is 257 g/mol. The lowest BCUT2D eigenvalue weighted by atomic mass is 9.87. The van der Waals surface area contributed by atoms with E-state index < -0.39 is 0 Å². The molecule has 0 bridgehead atoms. The highest BCUT2D eigenvalue weighted by atomic mass is 14.9. The van der Waals surface area contributed by atoms with Gasteiger partial charge in [0.25, 0.3) is 0 Å². The molecule has 0 saturated carbocycles. The van der Waals surface area contributed by atoms with E-state index >= 15 is 0 Å². The summed E-state index contributed by atoms with van der Waals surface area (Å²) < 4.78 is 0. The van der Waals surface area contributed by atoms with Gasteiger partial charge >= 0.3 is 0 Å². The van der Waals surface area contributed by atoms with Crippen molar-refractivity contribution in [3.05, 3.63) is 53.6 Å². The second-order valence-electron chi connectivity index (χ2n) is 5.91. The average Bonchev–Trinajstić information content (AvgIpc) is 2.87. The molecule has 0 unspecified atom stereocenters. The number of nitrogens with zero attached hydrogens (tertiary/aromatic N) is 1. The molecule has 0 fully saturated rings. The molecule has 2 aromatic rings. The summed E-state index contributed by atoms with van der Waals surface area (Å²) in [5.74, 6) is 1.04. The van der Waals surface area contributed by atoms with Crippen LogP contribution in [0.3, 0.4) is 0 Å². The van der Waals surface area contributed by atoms with E-state index in [1.165, 1.54) is 11.1 Å². The highest BCUT2D eigenvalue weighted by Gasteiger charge is 2.12. The SMILES string of the molecule is CC(C)(C)c1ccc(CNCCc2ncc[nH]2)cc1. The molecule has 0 radical (unpaired) electrons. The second-order valence-corrected chi connectivity index (χ2v) is 5.91. The Morgan fingerprint density at radius 3 is 2.47 bits per heavy atom. The molecule has 19 heavy (non-hydrogen) atoms. The van der Waals surface area contributed by atoms with Gasteiger partial charge in [-0.15, -0.1) is 0 Å². The van der Waals surface area contributed by atoms with Crippen LogP contribution in [0.15, 0.2) is 36.7 Å². The minimum Gasteiger partial charge on any atom is -0.349 e. The van der Waals surface area contributed by atoms with Crippen LogP contribution in [0.5, 0.6) is 0 Å². The van der Waals surface area contributed by atoms with Gasteiger partial charge in [0.15, 0.2) is 0 Å². The molecule has 1 aromatic carbocycles. The van der Waals surface area contributed by atoms with Crippen LogP contribution in [0.2, 0.25) is 0 Å². The molecule has 0 saturated heterocycles. The standard InChI is InChI=1S/C16H23N3/c1-16(2,3)14-6-4-13(5-7-14)12-17-9-8-15-18-10-11-19-15/h4-7,10-11,17H,8-9,12H2,1-3H3,(H,18,19). The largest absolute Gasteiger partial charge is 0.349 e. The average molecular weight is 257 g/mol. The van der Waals surface area contributed by atoms with Crippen molar-refractivity contribution in [3.8, 4) is 0 Å². The maximum atomic E-state index is 4.20. The summed E-state index contributed by atoms with van der Waals surface area (Å²) in [5.41, 5.74) is 2.94. The molecule has 2 N–H and O–H groups in total. The number of rotatable bonds is 5. The minimum atomic E-state index is 0.227. The Hall–Kier alpha value is -1.61. The van der Waals surface area contributed by atoms with Gasteiger partial charge in [0.2, 0.25) is 0 Å². The zero-order chi connectivity index (χ0) is 13.7. The Morgan fingerprint density at radius 1 is 1.16 bits per heavy atom. The van der Waals surface area contributed by atoms with Crippen LogP contribution >= 0.6 is 0 Å². The molecule has 102 valence electrons. The third kappa shape index (κ3) is 4.21. The fourth-order valence-corrected chi connectivity index (χ4v) is 2.00. The fraction of sp³-hybridized carbons (Fsp3) is 0.438. The normalized spacial score (nSPS) is 11.7. The topological polar surface area (TPSA) is 40.7 Å². The van der Waals surface area contributed by atoms with Crippen molar-refractivity contribution in [1.29, 1.82) is 0 Å². The summed E-state index contributed by atoms with van der Waals surface area (Å²) >= 11 is 0. The van der Waals surface area contributed by atoms with Crippen molar-refractivity contribution in [1.82, 2.24) is 15.3 Å². The van der Waals surface area contributed by atoms with Crippen LogP contribution in [0.25, 0.3) is 0 Å². The lowest BCUT2D eigenvalue weighted by Crippen LogP contribution is -2.17. The summed E-state index contributed by atoms with van der Waals surface area (Å²) in [6, 6.07) is 8.87. The maximum absolute atomic E-state index is 4.20. The number of benzene rings is 1. The van der Waals surface area contributed by atoms with Gasteiger partial charge in [-0.1, -0.05) is 45.0 Å². The number of hydrogen-bond donors (Lipinski definition) is 2. The van der Waals surface area contributed by atoms with E-state index in [1.807, 2.05) is 6.20 Å². The number of nitrogens with one attached hydrogen (secondary N) is 2. The minimum absolute atomic E-state index is 0.227. The van der Waals surface area contributed by atoms with E-state index in [0.29, 0.717) is 0 Å². The summed E-state index contributed by atoms with van der Waals surface area (Å²) in [4.78, 5) is 7.31. The Morgan fingerprint density at radius 2 is 1.89 bits per heavy atom. The van der Waals surface area contributed by atoms with Crippen LogP contribution in [0.1, 0.15) is 37.7 Å². The van der Waals surface area contributed by atoms with Crippen molar-refractivity contribution in [2.75, 3.05) is 6.54 Å². The number of aromatic nitrogens is 2. The van der Waals surface area contributed by atoms with Gasteiger partial charge in [-0.05, 0) is 16.5 Å². The molecule has 3 heteroatoms. The van der Waals surface area contributed by atoms with Crippen molar-refractivity contribution in [2.24, 2.45) is 0 Å². The quantitative estimate of drug-likeness (QED) is 0.808. The summed E-state index contributed by atoms with van der Waals surface area (Å²) in [7, 11) is 0. The van der Waals surface area contributed by atoms with E-state index in [9.17, 15) is 0 Å². The maximum Gasteiger partial charge on any atom is 0.107 e. The van der Waals surface area contributed by atoms with Crippen LogP contribution in [0.4, 0.5) is 0 Å². The predicted octanol–water partition coefficient (Wildman–Crippen LogP) is 3.04. The van der Waals surface area contributed by atoms with Crippen LogP contribution in [-0.2, 0) is 18.4 Å². The van der Waals surface area contributed by atoms with Crippen molar-refractivity contribution in [2.45, 2.75) is 39.2 Å². The highest BCUT2D eigenvalue weighted by molar-refractivity contribution is 5.27. The van der Waals surface area contributed by atoms with E-state index in [4.69, 9.17) is 0 Å². The fourth-order valence-electron chi connectivity index (χ4n) is 2.00. The summed E-state index contributed by atoms with van der Waals surface area (Å²) in [6.07, 6.45) is 4.59. The molecule has 0 amide bonds. The van der Waals surface area contributed by atoms with Crippen LogP contribution in [0, 0.1) is 0 Å². The Balaban J connectivity index is 1.77. The molecule has 0 spiro atoms. The molecule has 0 atom stereocenters. The summed E-state index contributed by atoms with van der Waals surface area (Å²) in [5, 5.41) is 3.44. The van der Waals surface area contributed by atoms with Gasteiger partial charge in [0.1, 0.15) is 5.82 Å². The first-order valence-electron chi connectivity index (χ1n) is 6.84. The number of imidazole rings is 1. The highest BCUT2D eigenvalue weighted by Crippen LogP contribution is 2.22. The lowest BCUT2D eigenvalue weighted by molar-refractivity contribution is 0.589. The molecule has 3 nitrogen and oxygen atoms in total. The lowest BCUT2D eigenvalue weighted by Gasteiger charge is -2.19. The third-order valence-corrected chi connectivity index (χ3v) is 3.24. The molecule has 0 aliphatic rings. The molecule has 2 rings (SSSR count). The molecular weight excluding hydrogens is 234 g/mol. The Bertz CT molecular complexity index is 478. The first kappa shape index (κ1) is 13.8. The molecular formula is C16H23N3. The Labute approximate surface area is 115 Å². The predicted molar refractivity (Wildman–Crippen MR) is 79.1 cm³/mol. The van der Waals surface area contributed by atoms with Crippen molar-refractivity contribution in [3.63, 3.8) is 0 Å². The van der Waals surface area contributed by atoms with Crippen LogP contribution < -0.4 is 5.32 Å². The van der Waals surface area contributed by atoms with E-state index in [0.717, 1.165) is 25.3 Å². The first-order valence-corrected chi connectivity index (χ1v) is 6.84. The number of H-pyrrole nitrogens is 1.